The first-order chi connectivity index (χ1) is 10.2. The van der Waals surface area contributed by atoms with Crippen LogP contribution in [0.1, 0.15) is 5.56 Å². The Morgan fingerprint density at radius 3 is 2.43 bits per heavy atom. The smallest absolute Gasteiger partial charge is 0.133 e. The maximum atomic E-state index is 5.46. The van der Waals surface area contributed by atoms with Crippen molar-refractivity contribution >= 4 is 22.5 Å². The fraction of sp³-hybridized carbons (Fsp3) is 0.158. The summed E-state index contributed by atoms with van der Waals surface area (Å²) in [5.74, 6) is 0.943. The van der Waals surface area contributed by atoms with E-state index in [-0.39, 0.29) is 0 Å². The van der Waals surface area contributed by atoms with Gasteiger partial charge < -0.3 is 4.74 Å². The molecule has 0 aliphatic carbocycles. The normalized spacial score (nSPS) is 10.8. The third-order valence-electron chi connectivity index (χ3n) is 3.80. The van der Waals surface area contributed by atoms with Gasteiger partial charge in [-0.05, 0) is 58.8 Å². The summed E-state index contributed by atoms with van der Waals surface area (Å²) in [5.41, 5.74) is 3.86. The minimum Gasteiger partial charge on any atom is -0.496 e. The van der Waals surface area contributed by atoms with E-state index in [0.717, 1.165) is 5.75 Å². The van der Waals surface area contributed by atoms with E-state index in [9.17, 15) is 0 Å². The molecule has 21 heavy (non-hydrogen) atoms. The summed E-state index contributed by atoms with van der Waals surface area (Å²) in [6, 6.07) is 19.4. The Labute approximate surface area is 130 Å². The standard InChI is InChI=1S/C19H18OS/c1-13-6-4-5-7-17(13)15-9-8-14-11-18(20-2)19(21-3)12-16(14)10-15/h4-12H,1-3H3. The molecule has 0 radical (unpaired) electrons. The Balaban J connectivity index is 2.18. The van der Waals surface area contributed by atoms with E-state index in [1.165, 1.54) is 32.4 Å². The van der Waals surface area contributed by atoms with Gasteiger partial charge in [-0.2, -0.15) is 0 Å². The van der Waals surface area contributed by atoms with Crippen molar-refractivity contribution in [3.63, 3.8) is 0 Å². The number of ether oxygens (including phenoxy) is 1. The van der Waals surface area contributed by atoms with Crippen LogP contribution in [0.5, 0.6) is 5.75 Å². The molecular formula is C19H18OS. The summed E-state index contributed by atoms with van der Waals surface area (Å²) < 4.78 is 5.46. The number of thioether (sulfide) groups is 1. The number of hydrogen-bond acceptors (Lipinski definition) is 2. The Morgan fingerprint density at radius 2 is 1.71 bits per heavy atom. The minimum absolute atomic E-state index is 0.943. The second-order valence-electron chi connectivity index (χ2n) is 5.08. The first-order valence-corrected chi connectivity index (χ1v) is 8.17. The van der Waals surface area contributed by atoms with Gasteiger partial charge in [0.25, 0.3) is 0 Å². The van der Waals surface area contributed by atoms with Gasteiger partial charge in [0.05, 0.1) is 7.11 Å². The van der Waals surface area contributed by atoms with Crippen molar-refractivity contribution in [3.8, 4) is 16.9 Å². The summed E-state index contributed by atoms with van der Waals surface area (Å²) in [7, 11) is 1.72. The molecule has 1 nitrogen and oxygen atoms in total. The number of rotatable bonds is 3. The Morgan fingerprint density at radius 1 is 0.905 bits per heavy atom. The van der Waals surface area contributed by atoms with Crippen molar-refractivity contribution in [1.29, 1.82) is 0 Å². The molecule has 0 unspecified atom stereocenters. The molecule has 0 fully saturated rings. The lowest BCUT2D eigenvalue weighted by Crippen LogP contribution is -1.88. The van der Waals surface area contributed by atoms with Crippen LogP contribution in [-0.4, -0.2) is 13.4 Å². The van der Waals surface area contributed by atoms with Crippen LogP contribution in [0.2, 0.25) is 0 Å². The van der Waals surface area contributed by atoms with Gasteiger partial charge in [0.1, 0.15) is 5.75 Å². The second kappa shape index (κ2) is 5.82. The highest BCUT2D eigenvalue weighted by Gasteiger charge is 2.07. The molecule has 0 atom stereocenters. The summed E-state index contributed by atoms with van der Waals surface area (Å²) in [6.45, 7) is 2.15. The van der Waals surface area contributed by atoms with Crippen molar-refractivity contribution < 1.29 is 4.74 Å². The molecule has 3 rings (SSSR count). The van der Waals surface area contributed by atoms with Crippen molar-refractivity contribution in [2.45, 2.75) is 11.8 Å². The van der Waals surface area contributed by atoms with E-state index in [1.54, 1.807) is 18.9 Å². The van der Waals surface area contributed by atoms with Crippen LogP contribution in [-0.2, 0) is 0 Å². The zero-order valence-corrected chi connectivity index (χ0v) is 13.3. The molecule has 0 heterocycles. The SMILES string of the molecule is COc1cc2ccc(-c3ccccc3C)cc2cc1SC. The summed E-state index contributed by atoms with van der Waals surface area (Å²) in [6.07, 6.45) is 2.08. The van der Waals surface area contributed by atoms with Crippen LogP contribution in [0.15, 0.2) is 59.5 Å². The molecular weight excluding hydrogens is 276 g/mol. The summed E-state index contributed by atoms with van der Waals surface area (Å²) in [4.78, 5) is 1.17. The van der Waals surface area contributed by atoms with Crippen LogP contribution in [0.25, 0.3) is 21.9 Å². The van der Waals surface area contributed by atoms with Gasteiger partial charge >= 0.3 is 0 Å². The average molecular weight is 294 g/mol. The number of fused-ring (bicyclic) bond motifs is 1. The molecule has 0 saturated carbocycles. The summed E-state index contributed by atoms with van der Waals surface area (Å²) in [5, 5.41) is 2.46. The van der Waals surface area contributed by atoms with Gasteiger partial charge in [-0.3, -0.25) is 0 Å². The monoisotopic (exact) mass is 294 g/mol. The van der Waals surface area contributed by atoms with E-state index < -0.39 is 0 Å². The van der Waals surface area contributed by atoms with E-state index in [2.05, 4.69) is 67.8 Å². The van der Waals surface area contributed by atoms with Crippen LogP contribution in [0.4, 0.5) is 0 Å². The number of methoxy groups -OCH3 is 1. The molecule has 0 N–H and O–H groups in total. The van der Waals surface area contributed by atoms with Crippen molar-refractivity contribution in [1.82, 2.24) is 0 Å². The lowest BCUT2D eigenvalue weighted by molar-refractivity contribution is 0.405. The Kier molecular flexibility index (Phi) is 3.89. The topological polar surface area (TPSA) is 9.23 Å². The van der Waals surface area contributed by atoms with Crippen LogP contribution < -0.4 is 4.74 Å². The number of aryl methyl sites for hydroxylation is 1. The van der Waals surface area contributed by atoms with Crippen molar-refractivity contribution in [2.24, 2.45) is 0 Å². The third-order valence-corrected chi connectivity index (χ3v) is 4.56. The fourth-order valence-electron chi connectivity index (χ4n) is 2.64. The van der Waals surface area contributed by atoms with Gasteiger partial charge in [-0.1, -0.05) is 36.4 Å². The molecule has 0 saturated heterocycles. The quantitative estimate of drug-likeness (QED) is 0.586. The first-order valence-electron chi connectivity index (χ1n) is 6.94. The molecule has 2 heteroatoms. The molecule has 0 amide bonds. The third kappa shape index (κ3) is 2.64. The van der Waals surface area contributed by atoms with Crippen molar-refractivity contribution in [2.75, 3.05) is 13.4 Å². The Hall–Kier alpha value is -1.93. The molecule has 0 aromatic heterocycles. The van der Waals surface area contributed by atoms with Gasteiger partial charge in [0.15, 0.2) is 0 Å². The van der Waals surface area contributed by atoms with Gasteiger partial charge in [-0.15, -0.1) is 11.8 Å². The predicted molar refractivity (Wildman–Crippen MR) is 92.5 cm³/mol. The molecule has 0 aliphatic rings. The van der Waals surface area contributed by atoms with Crippen LogP contribution >= 0.6 is 11.8 Å². The zero-order valence-electron chi connectivity index (χ0n) is 12.5. The first kappa shape index (κ1) is 14.0. The lowest BCUT2D eigenvalue weighted by atomic mass is 9.98. The fourth-order valence-corrected chi connectivity index (χ4v) is 3.23. The van der Waals surface area contributed by atoms with Crippen LogP contribution in [0.3, 0.4) is 0 Å². The van der Waals surface area contributed by atoms with E-state index in [4.69, 9.17) is 4.74 Å². The largest absolute Gasteiger partial charge is 0.496 e. The van der Waals surface area contributed by atoms with Crippen molar-refractivity contribution in [3.05, 3.63) is 60.2 Å². The molecule has 0 spiro atoms. The second-order valence-corrected chi connectivity index (χ2v) is 5.93. The van der Waals surface area contributed by atoms with E-state index >= 15 is 0 Å². The Bertz CT molecular complexity index is 793. The van der Waals surface area contributed by atoms with Gasteiger partial charge in [0, 0.05) is 4.90 Å². The maximum absolute atomic E-state index is 5.46. The average Bonchev–Trinajstić information content (AvgIpc) is 2.53. The van der Waals surface area contributed by atoms with E-state index in [1.807, 2.05) is 0 Å². The van der Waals surface area contributed by atoms with E-state index in [0.29, 0.717) is 0 Å². The highest BCUT2D eigenvalue weighted by Crippen LogP contribution is 2.34. The molecule has 0 aliphatic heterocycles. The van der Waals surface area contributed by atoms with Crippen LogP contribution in [0, 0.1) is 6.92 Å². The highest BCUT2D eigenvalue weighted by atomic mass is 32.2. The predicted octanol–water partition coefficient (Wildman–Crippen LogP) is 5.55. The lowest BCUT2D eigenvalue weighted by Gasteiger charge is -2.11. The van der Waals surface area contributed by atoms with Gasteiger partial charge in [0.2, 0.25) is 0 Å². The molecule has 3 aromatic carbocycles. The zero-order chi connectivity index (χ0) is 14.8. The number of benzene rings is 3. The summed E-state index contributed by atoms with van der Waals surface area (Å²) >= 11 is 1.71. The van der Waals surface area contributed by atoms with Gasteiger partial charge in [-0.25, -0.2) is 0 Å². The molecule has 106 valence electrons. The maximum Gasteiger partial charge on any atom is 0.133 e. The number of hydrogen-bond donors (Lipinski definition) is 0. The molecule has 0 bridgehead atoms. The highest BCUT2D eigenvalue weighted by molar-refractivity contribution is 7.98. The minimum atomic E-state index is 0.943. The molecule has 3 aromatic rings.